The first-order chi connectivity index (χ1) is 11.2. The molecular formula is C15H22IN3O6. The lowest BCUT2D eigenvalue weighted by molar-refractivity contribution is -0.757. The fourth-order valence-electron chi connectivity index (χ4n) is 1.75. The molecular weight excluding hydrogens is 445 g/mol. The highest BCUT2D eigenvalue weighted by atomic mass is 127. The molecule has 1 aromatic rings. The molecule has 25 heavy (non-hydrogen) atoms. The number of nitrogens with one attached hydrogen (secondary N) is 1. The van der Waals surface area contributed by atoms with Gasteiger partial charge in [-0.3, -0.25) is 9.59 Å². The first-order valence-corrected chi connectivity index (χ1v) is 7.37. The molecule has 0 unspecified atom stereocenters. The lowest BCUT2D eigenvalue weighted by atomic mass is 9.93. The molecule has 1 rings (SSSR count). The normalized spacial score (nSPS) is 10.4. The van der Waals surface area contributed by atoms with Crippen molar-refractivity contribution in [2.24, 2.45) is 5.41 Å². The van der Waals surface area contributed by atoms with Crippen LogP contribution in [0.3, 0.4) is 0 Å². The number of amides is 1. The van der Waals surface area contributed by atoms with Gasteiger partial charge in [-0.15, -0.1) is 10.1 Å². The summed E-state index contributed by atoms with van der Waals surface area (Å²) in [5.74, 6) is -0.723. The molecule has 0 aliphatic carbocycles. The second-order valence-corrected chi connectivity index (χ2v) is 6.30. The molecule has 1 aromatic heterocycles. The van der Waals surface area contributed by atoms with Gasteiger partial charge in [-0.1, -0.05) is 20.8 Å². The van der Waals surface area contributed by atoms with Crippen molar-refractivity contribution in [3.63, 3.8) is 0 Å². The Labute approximate surface area is 162 Å². The zero-order valence-corrected chi connectivity index (χ0v) is 16.5. The third-order valence-electron chi connectivity index (χ3n) is 2.75. The Kier molecular flexibility index (Phi) is 9.94. The number of hydrogen-bond donors (Lipinski definition) is 1. The van der Waals surface area contributed by atoms with Crippen molar-refractivity contribution < 1.29 is 52.8 Å². The predicted octanol–water partition coefficient (Wildman–Crippen LogP) is -2.15. The zero-order valence-electron chi connectivity index (χ0n) is 14.4. The highest BCUT2D eigenvalue weighted by Crippen LogP contribution is 2.18. The van der Waals surface area contributed by atoms with E-state index in [1.54, 1.807) is 22.9 Å². The third-order valence-corrected chi connectivity index (χ3v) is 2.75. The van der Waals surface area contributed by atoms with Crippen molar-refractivity contribution in [1.82, 2.24) is 5.32 Å². The van der Waals surface area contributed by atoms with E-state index in [4.69, 9.17) is 4.74 Å². The number of rotatable bonds is 8. The SMILES string of the molecule is CC(C)(C)CC(=O)OC[n+]1cccc(C(=O)NCCO[N+](=O)[O-])c1.[I-]. The highest BCUT2D eigenvalue weighted by Gasteiger charge is 2.18. The smallest absolute Gasteiger partial charge is 0.311 e. The average Bonchev–Trinajstić information content (AvgIpc) is 2.48. The summed E-state index contributed by atoms with van der Waals surface area (Å²) in [5, 5.41) is 11.6. The van der Waals surface area contributed by atoms with Crippen LogP contribution in [0.2, 0.25) is 0 Å². The molecule has 1 N–H and O–H groups in total. The molecule has 10 heteroatoms. The Morgan fingerprint density at radius 1 is 1.36 bits per heavy atom. The van der Waals surface area contributed by atoms with Crippen molar-refractivity contribution in [3.05, 3.63) is 40.2 Å². The predicted molar refractivity (Wildman–Crippen MR) is 82.1 cm³/mol. The summed E-state index contributed by atoms with van der Waals surface area (Å²) in [7, 11) is 0. The Morgan fingerprint density at radius 2 is 2.04 bits per heavy atom. The minimum Gasteiger partial charge on any atom is -1.00 e. The lowest BCUT2D eigenvalue weighted by Crippen LogP contribution is -3.00. The molecule has 0 aliphatic rings. The van der Waals surface area contributed by atoms with Crippen LogP contribution in [0.1, 0.15) is 37.6 Å². The maximum atomic E-state index is 11.9. The van der Waals surface area contributed by atoms with Crippen LogP contribution in [-0.2, 0) is 21.1 Å². The summed E-state index contributed by atoms with van der Waals surface area (Å²) >= 11 is 0. The number of nitrogens with zero attached hydrogens (tertiary/aromatic N) is 2. The molecule has 0 saturated heterocycles. The van der Waals surface area contributed by atoms with Crippen LogP contribution in [0, 0.1) is 15.5 Å². The van der Waals surface area contributed by atoms with Crippen molar-refractivity contribution in [2.75, 3.05) is 13.2 Å². The van der Waals surface area contributed by atoms with Gasteiger partial charge in [-0.2, -0.15) is 4.57 Å². The van der Waals surface area contributed by atoms with Gasteiger partial charge < -0.3 is 38.9 Å². The fraction of sp³-hybridized carbons (Fsp3) is 0.533. The minimum absolute atomic E-state index is 0. The number of aromatic nitrogens is 1. The zero-order chi connectivity index (χ0) is 18.2. The van der Waals surface area contributed by atoms with Gasteiger partial charge in [0.05, 0.1) is 6.42 Å². The molecule has 1 amide bonds. The van der Waals surface area contributed by atoms with E-state index in [2.05, 4.69) is 10.2 Å². The minimum atomic E-state index is -0.922. The van der Waals surface area contributed by atoms with E-state index < -0.39 is 11.0 Å². The van der Waals surface area contributed by atoms with E-state index in [0.717, 1.165) is 0 Å². The standard InChI is InChI=1S/C15H21N3O6.HI/c1-15(2,3)9-13(19)23-11-17-7-4-5-12(10-17)14(20)16-6-8-24-18(21)22;/h4-5,7,10H,6,8-9,11H2,1-3H3;1H. The fourth-order valence-corrected chi connectivity index (χ4v) is 1.75. The van der Waals surface area contributed by atoms with Gasteiger partial charge in [0.25, 0.3) is 17.7 Å². The van der Waals surface area contributed by atoms with Crippen molar-refractivity contribution in [1.29, 1.82) is 0 Å². The number of halogens is 1. The number of ether oxygens (including phenoxy) is 1. The number of hydrogen-bond acceptors (Lipinski definition) is 6. The number of pyridine rings is 1. The summed E-state index contributed by atoms with van der Waals surface area (Å²) in [5.41, 5.74) is 0.181. The van der Waals surface area contributed by atoms with E-state index in [0.29, 0.717) is 12.0 Å². The summed E-state index contributed by atoms with van der Waals surface area (Å²) in [6.45, 7) is 5.60. The first kappa shape index (κ1) is 23.0. The highest BCUT2D eigenvalue weighted by molar-refractivity contribution is 5.93. The van der Waals surface area contributed by atoms with Gasteiger partial charge in [0.2, 0.25) is 0 Å². The van der Waals surface area contributed by atoms with Crippen molar-refractivity contribution in [3.8, 4) is 0 Å². The van der Waals surface area contributed by atoms with Gasteiger partial charge in [0, 0.05) is 12.6 Å². The summed E-state index contributed by atoms with van der Waals surface area (Å²) in [4.78, 5) is 37.7. The molecule has 0 aliphatic heterocycles. The van der Waals surface area contributed by atoms with Crippen LogP contribution >= 0.6 is 0 Å². The second kappa shape index (κ2) is 10.8. The lowest BCUT2D eigenvalue weighted by Gasteiger charge is -2.15. The van der Waals surface area contributed by atoms with Gasteiger partial charge in [-0.25, -0.2) is 0 Å². The maximum absolute atomic E-state index is 11.9. The van der Waals surface area contributed by atoms with Crippen molar-refractivity contribution in [2.45, 2.75) is 33.9 Å². The third kappa shape index (κ3) is 10.5. The Hall–Kier alpha value is -1.98. The van der Waals surface area contributed by atoms with E-state index in [1.165, 1.54) is 6.20 Å². The van der Waals surface area contributed by atoms with Gasteiger partial charge >= 0.3 is 5.97 Å². The Bertz CT molecular complexity index is 603. The van der Waals surface area contributed by atoms with Gasteiger partial charge in [0.1, 0.15) is 12.2 Å². The van der Waals surface area contributed by atoms with E-state index in [-0.39, 0.29) is 55.2 Å². The molecule has 0 fully saturated rings. The van der Waals surface area contributed by atoms with Crippen LogP contribution in [0.4, 0.5) is 0 Å². The van der Waals surface area contributed by atoms with E-state index >= 15 is 0 Å². The van der Waals surface area contributed by atoms with Gasteiger partial charge in [0.15, 0.2) is 12.4 Å². The van der Waals surface area contributed by atoms with Crippen LogP contribution < -0.4 is 33.9 Å². The summed E-state index contributed by atoms with van der Waals surface area (Å²) in [6.07, 6.45) is 3.48. The molecule has 0 saturated carbocycles. The van der Waals surface area contributed by atoms with Crippen LogP contribution in [0.25, 0.3) is 0 Å². The largest absolute Gasteiger partial charge is 1.00 e. The molecule has 0 aromatic carbocycles. The van der Waals surface area contributed by atoms with E-state index in [9.17, 15) is 19.7 Å². The average molecular weight is 467 g/mol. The monoisotopic (exact) mass is 467 g/mol. The van der Waals surface area contributed by atoms with Crippen LogP contribution in [0.5, 0.6) is 0 Å². The number of carbonyl (C=O) groups is 2. The summed E-state index contributed by atoms with van der Waals surface area (Å²) in [6, 6.07) is 3.22. The Morgan fingerprint density at radius 3 is 2.64 bits per heavy atom. The Balaban J connectivity index is 0.00000576. The van der Waals surface area contributed by atoms with Crippen LogP contribution in [0.15, 0.2) is 24.5 Å². The maximum Gasteiger partial charge on any atom is 0.311 e. The number of esters is 1. The second-order valence-electron chi connectivity index (χ2n) is 6.30. The van der Waals surface area contributed by atoms with Crippen LogP contribution in [-0.4, -0.2) is 30.1 Å². The molecule has 1 heterocycles. The number of carbonyl (C=O) groups excluding carboxylic acids is 2. The molecule has 0 spiro atoms. The molecule has 0 bridgehead atoms. The molecule has 0 atom stereocenters. The van der Waals surface area contributed by atoms with E-state index in [1.807, 2.05) is 20.8 Å². The van der Waals surface area contributed by atoms with Gasteiger partial charge in [-0.05, 0) is 11.5 Å². The quantitative estimate of drug-likeness (QED) is 0.117. The first-order valence-electron chi connectivity index (χ1n) is 7.37. The van der Waals surface area contributed by atoms with Crippen molar-refractivity contribution >= 4 is 11.9 Å². The molecule has 9 nitrogen and oxygen atoms in total. The molecule has 0 radical (unpaired) electrons. The summed E-state index contributed by atoms with van der Waals surface area (Å²) < 4.78 is 6.72. The molecule has 140 valence electrons. The topological polar surface area (TPSA) is 112 Å².